The normalized spacial score (nSPS) is 11.9. The number of nitrogens with one attached hydrogen (secondary N) is 1. The number of oxazole rings is 1. The van der Waals surface area contributed by atoms with Crippen LogP contribution in [0, 0.1) is 0 Å². The van der Waals surface area contributed by atoms with Crippen LogP contribution in [0.25, 0.3) is 17.0 Å². The zero-order valence-corrected chi connectivity index (χ0v) is 17.1. The Bertz CT molecular complexity index is 1120. The van der Waals surface area contributed by atoms with Crippen LogP contribution in [0.4, 0.5) is 0 Å². The molecule has 0 saturated heterocycles. The maximum absolute atomic E-state index is 12.4. The standard InChI is InChI=1S/C22H20ClN5O2/c1-15(16-6-8-17(9-7-16)28-14-24-13-26-28)27-21(29)10-11-22-25-12-20(30-22)18-4-2-3-5-19(18)23/h2-9,12-15H,10-11H2,1H3,(H,27,29). The molecule has 0 saturated carbocycles. The zero-order valence-electron chi connectivity index (χ0n) is 16.3. The molecule has 0 aliphatic rings. The van der Waals surface area contributed by atoms with Crippen LogP contribution in [0.15, 0.2) is 71.8 Å². The molecule has 2 aromatic carbocycles. The maximum atomic E-state index is 12.4. The molecule has 7 nitrogen and oxygen atoms in total. The lowest BCUT2D eigenvalue weighted by atomic mass is 10.1. The van der Waals surface area contributed by atoms with Crippen molar-refractivity contribution in [1.82, 2.24) is 25.1 Å². The van der Waals surface area contributed by atoms with Gasteiger partial charge in [-0.25, -0.2) is 14.6 Å². The van der Waals surface area contributed by atoms with Crippen LogP contribution in [-0.2, 0) is 11.2 Å². The van der Waals surface area contributed by atoms with Gasteiger partial charge in [0, 0.05) is 18.4 Å². The van der Waals surface area contributed by atoms with E-state index in [9.17, 15) is 4.79 Å². The van der Waals surface area contributed by atoms with E-state index in [0.29, 0.717) is 23.1 Å². The number of rotatable bonds is 7. The molecular formula is C22H20ClN5O2. The Morgan fingerprint density at radius 3 is 2.73 bits per heavy atom. The van der Waals surface area contributed by atoms with Crippen LogP contribution in [0.3, 0.4) is 0 Å². The molecule has 2 aromatic heterocycles. The summed E-state index contributed by atoms with van der Waals surface area (Å²) < 4.78 is 7.43. The summed E-state index contributed by atoms with van der Waals surface area (Å²) in [6.45, 7) is 1.95. The first-order chi connectivity index (χ1) is 14.6. The summed E-state index contributed by atoms with van der Waals surface area (Å²) in [6.07, 6.45) is 5.45. The lowest BCUT2D eigenvalue weighted by Gasteiger charge is -2.14. The molecule has 152 valence electrons. The first kappa shape index (κ1) is 19.8. The highest BCUT2D eigenvalue weighted by Crippen LogP contribution is 2.28. The average molecular weight is 422 g/mol. The smallest absolute Gasteiger partial charge is 0.220 e. The largest absolute Gasteiger partial charge is 0.441 e. The Kier molecular flexibility index (Phi) is 5.90. The quantitative estimate of drug-likeness (QED) is 0.478. The summed E-state index contributed by atoms with van der Waals surface area (Å²) in [7, 11) is 0. The van der Waals surface area contributed by atoms with Gasteiger partial charge < -0.3 is 9.73 Å². The third-order valence-corrected chi connectivity index (χ3v) is 5.04. The van der Waals surface area contributed by atoms with E-state index >= 15 is 0 Å². The van der Waals surface area contributed by atoms with Gasteiger partial charge in [0.15, 0.2) is 11.7 Å². The van der Waals surface area contributed by atoms with Gasteiger partial charge in [0.2, 0.25) is 5.91 Å². The van der Waals surface area contributed by atoms with Crippen molar-refractivity contribution in [2.45, 2.75) is 25.8 Å². The van der Waals surface area contributed by atoms with Crippen LogP contribution < -0.4 is 5.32 Å². The molecule has 2 heterocycles. The fourth-order valence-corrected chi connectivity index (χ4v) is 3.31. The summed E-state index contributed by atoms with van der Waals surface area (Å²) >= 11 is 6.19. The minimum atomic E-state index is -0.120. The lowest BCUT2D eigenvalue weighted by Crippen LogP contribution is -2.26. The number of hydrogen-bond acceptors (Lipinski definition) is 5. The first-order valence-corrected chi connectivity index (χ1v) is 9.92. The van der Waals surface area contributed by atoms with Crippen molar-refractivity contribution in [3.05, 3.63) is 83.9 Å². The molecule has 1 unspecified atom stereocenters. The Morgan fingerprint density at radius 1 is 1.20 bits per heavy atom. The van der Waals surface area contributed by atoms with E-state index in [4.69, 9.17) is 16.0 Å². The molecule has 0 bridgehead atoms. The number of nitrogens with zero attached hydrogens (tertiary/aromatic N) is 4. The first-order valence-electron chi connectivity index (χ1n) is 9.54. The summed E-state index contributed by atoms with van der Waals surface area (Å²) in [4.78, 5) is 20.6. The predicted molar refractivity (Wildman–Crippen MR) is 113 cm³/mol. The highest BCUT2D eigenvalue weighted by Gasteiger charge is 2.13. The van der Waals surface area contributed by atoms with Crippen molar-refractivity contribution in [3.63, 3.8) is 0 Å². The average Bonchev–Trinajstić information content (AvgIpc) is 3.45. The molecule has 4 aromatic rings. The van der Waals surface area contributed by atoms with E-state index in [0.717, 1.165) is 16.8 Å². The maximum Gasteiger partial charge on any atom is 0.220 e. The molecule has 0 radical (unpaired) electrons. The second-order valence-corrected chi connectivity index (χ2v) is 7.23. The highest BCUT2D eigenvalue weighted by atomic mass is 35.5. The minimum absolute atomic E-state index is 0.0691. The molecule has 0 aliphatic carbocycles. The van der Waals surface area contributed by atoms with Gasteiger partial charge in [-0.05, 0) is 36.8 Å². The number of halogens is 1. The van der Waals surface area contributed by atoms with Crippen LogP contribution in [0.1, 0.15) is 30.8 Å². The second-order valence-electron chi connectivity index (χ2n) is 6.82. The van der Waals surface area contributed by atoms with Gasteiger partial charge in [-0.3, -0.25) is 4.79 Å². The minimum Gasteiger partial charge on any atom is -0.441 e. The van der Waals surface area contributed by atoms with E-state index < -0.39 is 0 Å². The fourth-order valence-electron chi connectivity index (χ4n) is 3.09. The number of benzene rings is 2. The molecule has 0 fully saturated rings. The van der Waals surface area contributed by atoms with Gasteiger partial charge in [-0.15, -0.1) is 0 Å². The Hall–Kier alpha value is -3.45. The van der Waals surface area contributed by atoms with Gasteiger partial charge in [0.1, 0.15) is 12.7 Å². The molecule has 0 spiro atoms. The number of aromatic nitrogens is 4. The molecule has 8 heteroatoms. The highest BCUT2D eigenvalue weighted by molar-refractivity contribution is 6.33. The van der Waals surface area contributed by atoms with E-state index in [-0.39, 0.29) is 18.4 Å². The van der Waals surface area contributed by atoms with E-state index in [1.807, 2.05) is 49.4 Å². The SMILES string of the molecule is CC(NC(=O)CCc1ncc(-c2ccccc2Cl)o1)c1ccc(-n2cncn2)cc1. The van der Waals surface area contributed by atoms with Gasteiger partial charge in [-0.1, -0.05) is 35.9 Å². The Labute approximate surface area is 178 Å². The molecule has 1 N–H and O–H groups in total. The van der Waals surface area contributed by atoms with Crippen LogP contribution >= 0.6 is 11.6 Å². The van der Waals surface area contributed by atoms with Crippen LogP contribution in [0.5, 0.6) is 0 Å². The van der Waals surface area contributed by atoms with Crippen molar-refractivity contribution in [1.29, 1.82) is 0 Å². The topological polar surface area (TPSA) is 85.8 Å². The van der Waals surface area contributed by atoms with E-state index in [1.54, 1.807) is 23.3 Å². The monoisotopic (exact) mass is 421 g/mol. The van der Waals surface area contributed by atoms with Gasteiger partial charge >= 0.3 is 0 Å². The number of aryl methyl sites for hydroxylation is 1. The van der Waals surface area contributed by atoms with E-state index in [2.05, 4.69) is 20.4 Å². The van der Waals surface area contributed by atoms with Gasteiger partial charge in [0.05, 0.1) is 22.9 Å². The number of carbonyl (C=O) groups is 1. The number of carbonyl (C=O) groups excluding carboxylic acids is 1. The zero-order chi connectivity index (χ0) is 20.9. The molecule has 0 aliphatic heterocycles. The van der Waals surface area contributed by atoms with Crippen molar-refractivity contribution in [2.75, 3.05) is 0 Å². The van der Waals surface area contributed by atoms with Gasteiger partial charge in [0.25, 0.3) is 0 Å². The molecule has 4 rings (SSSR count). The summed E-state index contributed by atoms with van der Waals surface area (Å²) in [5.41, 5.74) is 2.70. The predicted octanol–water partition coefficient (Wildman–Crippen LogP) is 4.39. The third kappa shape index (κ3) is 4.58. The second kappa shape index (κ2) is 8.92. The molecule has 1 amide bonds. The Morgan fingerprint density at radius 2 is 2.00 bits per heavy atom. The third-order valence-electron chi connectivity index (χ3n) is 4.71. The molecule has 30 heavy (non-hydrogen) atoms. The summed E-state index contributed by atoms with van der Waals surface area (Å²) in [6, 6.07) is 15.1. The lowest BCUT2D eigenvalue weighted by molar-refractivity contribution is -0.121. The number of hydrogen-bond donors (Lipinski definition) is 1. The summed E-state index contributed by atoms with van der Waals surface area (Å²) in [5, 5.41) is 7.70. The van der Waals surface area contributed by atoms with Gasteiger partial charge in [-0.2, -0.15) is 5.10 Å². The van der Waals surface area contributed by atoms with Crippen LogP contribution in [0.2, 0.25) is 5.02 Å². The Balaban J connectivity index is 1.31. The summed E-state index contributed by atoms with van der Waals surface area (Å²) in [5.74, 6) is 1.03. The van der Waals surface area contributed by atoms with Crippen molar-refractivity contribution < 1.29 is 9.21 Å². The van der Waals surface area contributed by atoms with Crippen molar-refractivity contribution >= 4 is 17.5 Å². The van der Waals surface area contributed by atoms with Crippen molar-refractivity contribution in [2.24, 2.45) is 0 Å². The van der Waals surface area contributed by atoms with Crippen LogP contribution in [-0.4, -0.2) is 25.7 Å². The fraction of sp³-hybridized carbons (Fsp3) is 0.182. The molecular weight excluding hydrogens is 402 g/mol. The van der Waals surface area contributed by atoms with Crippen molar-refractivity contribution in [3.8, 4) is 17.0 Å². The molecule has 1 atom stereocenters. The van der Waals surface area contributed by atoms with E-state index in [1.165, 1.54) is 6.33 Å². The number of amides is 1.